The van der Waals surface area contributed by atoms with Crippen molar-refractivity contribution in [2.75, 3.05) is 51.3 Å². The highest BCUT2D eigenvalue weighted by atomic mass is 16.5. The van der Waals surface area contributed by atoms with E-state index in [9.17, 15) is 5.11 Å². The molecule has 194 valence electrons. The minimum Gasteiger partial charge on any atom is -0.497 e. The molecule has 0 radical (unpaired) electrons. The van der Waals surface area contributed by atoms with Crippen LogP contribution in [0.4, 0.5) is 5.69 Å². The highest BCUT2D eigenvalue weighted by Crippen LogP contribution is 2.34. The zero-order valence-electron chi connectivity index (χ0n) is 22.2. The van der Waals surface area contributed by atoms with Crippen LogP contribution in [0.5, 0.6) is 11.5 Å². The Balaban J connectivity index is 1.51. The van der Waals surface area contributed by atoms with Gasteiger partial charge >= 0.3 is 0 Å². The van der Waals surface area contributed by atoms with Gasteiger partial charge in [0.1, 0.15) is 18.1 Å². The molecule has 1 aliphatic rings. The van der Waals surface area contributed by atoms with Gasteiger partial charge in [0.2, 0.25) is 0 Å². The molecule has 3 aromatic carbocycles. The fraction of sp³-hybridized carbons (Fsp3) is 0.484. The summed E-state index contributed by atoms with van der Waals surface area (Å²) in [5, 5.41) is 12.5. The van der Waals surface area contributed by atoms with Crippen LogP contribution in [-0.2, 0) is 6.42 Å². The normalized spacial score (nSPS) is 14.5. The van der Waals surface area contributed by atoms with Gasteiger partial charge in [-0.3, -0.25) is 4.90 Å². The van der Waals surface area contributed by atoms with Gasteiger partial charge in [0.25, 0.3) is 0 Å². The lowest BCUT2D eigenvalue weighted by molar-refractivity contribution is 0.145. The number of piperidine rings is 1. The van der Waals surface area contributed by atoms with Crippen LogP contribution in [0.25, 0.3) is 10.8 Å². The van der Waals surface area contributed by atoms with Crippen molar-refractivity contribution < 1.29 is 14.6 Å². The van der Waals surface area contributed by atoms with E-state index in [-0.39, 0.29) is 6.10 Å². The van der Waals surface area contributed by atoms with Crippen molar-refractivity contribution in [2.45, 2.75) is 52.1 Å². The average Bonchev–Trinajstić information content (AvgIpc) is 2.90. The monoisotopic (exact) mass is 490 g/mol. The predicted octanol–water partition coefficient (Wildman–Crippen LogP) is 5.90. The molecule has 5 heteroatoms. The van der Waals surface area contributed by atoms with Gasteiger partial charge in [-0.05, 0) is 91.0 Å². The van der Waals surface area contributed by atoms with Crippen LogP contribution >= 0.6 is 0 Å². The van der Waals surface area contributed by atoms with Gasteiger partial charge in [0.15, 0.2) is 0 Å². The molecule has 1 N–H and O–H groups in total. The van der Waals surface area contributed by atoms with Crippen LogP contribution < -0.4 is 14.4 Å². The number of anilines is 1. The Morgan fingerprint density at radius 3 is 2.25 bits per heavy atom. The lowest BCUT2D eigenvalue weighted by Gasteiger charge is -2.33. The highest BCUT2D eigenvalue weighted by molar-refractivity contribution is 5.91. The number of ether oxygens (including phenoxy) is 2. The van der Waals surface area contributed by atoms with Crippen LogP contribution in [0, 0.1) is 0 Å². The summed E-state index contributed by atoms with van der Waals surface area (Å²) in [6.45, 7) is 10.2. The number of hydrogen-bond donors (Lipinski definition) is 1. The molecule has 0 spiro atoms. The summed E-state index contributed by atoms with van der Waals surface area (Å²) < 4.78 is 11.5. The first-order chi connectivity index (χ1) is 17.6. The summed E-state index contributed by atoms with van der Waals surface area (Å²) in [5.41, 5.74) is 3.87. The van der Waals surface area contributed by atoms with E-state index in [1.165, 1.54) is 40.4 Å². The fourth-order valence-electron chi connectivity index (χ4n) is 5.24. The maximum atomic E-state index is 10.0. The first-order valence-corrected chi connectivity index (χ1v) is 13.6. The second-order valence-corrected chi connectivity index (χ2v) is 9.88. The molecule has 36 heavy (non-hydrogen) atoms. The summed E-state index contributed by atoms with van der Waals surface area (Å²) in [7, 11) is 1.71. The molecule has 1 fully saturated rings. The van der Waals surface area contributed by atoms with Crippen LogP contribution in [0.3, 0.4) is 0 Å². The first kappa shape index (κ1) is 26.3. The molecule has 0 unspecified atom stereocenters. The number of rotatable bonds is 12. The summed E-state index contributed by atoms with van der Waals surface area (Å²) in [5.74, 6) is 1.81. The van der Waals surface area contributed by atoms with E-state index in [2.05, 4.69) is 72.2 Å². The van der Waals surface area contributed by atoms with Crippen molar-refractivity contribution in [2.24, 2.45) is 0 Å². The molecule has 1 saturated heterocycles. The Bertz CT molecular complexity index is 1080. The van der Waals surface area contributed by atoms with E-state index in [0.29, 0.717) is 0 Å². The van der Waals surface area contributed by atoms with E-state index in [1.54, 1.807) is 7.11 Å². The van der Waals surface area contributed by atoms with E-state index < -0.39 is 0 Å². The summed E-state index contributed by atoms with van der Waals surface area (Å²) in [6, 6.07) is 19.4. The number of nitrogens with zero attached hydrogens (tertiary/aromatic N) is 2. The van der Waals surface area contributed by atoms with Crippen molar-refractivity contribution in [3.63, 3.8) is 0 Å². The molecule has 0 amide bonds. The molecule has 0 bridgehead atoms. The van der Waals surface area contributed by atoms with E-state index in [1.807, 2.05) is 6.07 Å². The second-order valence-electron chi connectivity index (χ2n) is 9.88. The molecule has 5 nitrogen and oxygen atoms in total. The average molecular weight is 491 g/mol. The number of hydrogen-bond acceptors (Lipinski definition) is 5. The third kappa shape index (κ3) is 6.71. The van der Waals surface area contributed by atoms with Gasteiger partial charge in [-0.1, -0.05) is 38.1 Å². The molecule has 0 aromatic heterocycles. The maximum absolute atomic E-state index is 10.0. The highest BCUT2D eigenvalue weighted by Gasteiger charge is 2.21. The minimum absolute atomic E-state index is 0.182. The molecule has 4 rings (SSSR count). The Hall–Kier alpha value is -2.76. The molecule has 0 atom stereocenters. The Morgan fingerprint density at radius 1 is 0.889 bits per heavy atom. The van der Waals surface area contributed by atoms with Crippen molar-refractivity contribution in [3.8, 4) is 11.5 Å². The summed E-state index contributed by atoms with van der Waals surface area (Å²) in [6.07, 6.45) is 4.66. The number of fused-ring (bicyclic) bond motifs is 1. The largest absolute Gasteiger partial charge is 0.497 e. The summed E-state index contributed by atoms with van der Waals surface area (Å²) in [4.78, 5) is 4.91. The van der Waals surface area contributed by atoms with Crippen LogP contribution in [0.1, 0.15) is 50.7 Å². The molecule has 1 heterocycles. The number of benzene rings is 3. The second kappa shape index (κ2) is 13.0. The standard InChI is InChI=1S/C31H42N2O3/c1-4-16-32(17-5-2)20-21-36-27-9-6-24(7-10-27)22-30-29-12-11-28(35-3)23-25(29)8-13-31(30)33-18-14-26(34)15-19-33/h6-13,23,26,34H,4-5,14-22H2,1-3H3. The summed E-state index contributed by atoms with van der Waals surface area (Å²) >= 11 is 0. The van der Waals surface area contributed by atoms with E-state index in [0.717, 1.165) is 70.1 Å². The van der Waals surface area contributed by atoms with Gasteiger partial charge in [-0.15, -0.1) is 0 Å². The Labute approximate surface area is 216 Å². The molecular formula is C31H42N2O3. The van der Waals surface area contributed by atoms with Crippen molar-refractivity contribution in [1.82, 2.24) is 4.90 Å². The van der Waals surface area contributed by atoms with Gasteiger partial charge < -0.3 is 19.5 Å². The van der Waals surface area contributed by atoms with Gasteiger partial charge in [0.05, 0.1) is 13.2 Å². The molecular weight excluding hydrogens is 448 g/mol. The third-order valence-electron chi connectivity index (χ3n) is 7.18. The zero-order valence-corrected chi connectivity index (χ0v) is 22.2. The molecule has 0 saturated carbocycles. The zero-order chi connectivity index (χ0) is 25.3. The van der Waals surface area contributed by atoms with Crippen LogP contribution in [-0.4, -0.2) is 62.6 Å². The first-order valence-electron chi connectivity index (χ1n) is 13.6. The molecule has 1 aliphatic heterocycles. The van der Waals surface area contributed by atoms with E-state index >= 15 is 0 Å². The Kier molecular flexibility index (Phi) is 9.48. The molecule has 0 aliphatic carbocycles. The van der Waals surface area contributed by atoms with Gasteiger partial charge in [0, 0.05) is 31.7 Å². The molecule has 3 aromatic rings. The topological polar surface area (TPSA) is 45.2 Å². The van der Waals surface area contributed by atoms with Gasteiger partial charge in [-0.2, -0.15) is 0 Å². The lowest BCUT2D eigenvalue weighted by Crippen LogP contribution is -2.36. The van der Waals surface area contributed by atoms with Crippen LogP contribution in [0.15, 0.2) is 54.6 Å². The van der Waals surface area contributed by atoms with Gasteiger partial charge in [-0.25, -0.2) is 0 Å². The fourth-order valence-corrected chi connectivity index (χ4v) is 5.24. The Morgan fingerprint density at radius 2 is 1.58 bits per heavy atom. The maximum Gasteiger partial charge on any atom is 0.119 e. The lowest BCUT2D eigenvalue weighted by atomic mass is 9.94. The minimum atomic E-state index is -0.182. The smallest absolute Gasteiger partial charge is 0.119 e. The van der Waals surface area contributed by atoms with Crippen molar-refractivity contribution in [3.05, 3.63) is 65.7 Å². The SMILES string of the molecule is CCCN(CCC)CCOc1ccc(Cc2c(N3CCC(O)CC3)ccc3cc(OC)ccc23)cc1. The third-order valence-corrected chi connectivity index (χ3v) is 7.18. The van der Waals surface area contributed by atoms with Crippen molar-refractivity contribution >= 4 is 16.5 Å². The quantitative estimate of drug-likeness (QED) is 0.342. The van der Waals surface area contributed by atoms with Crippen LogP contribution in [0.2, 0.25) is 0 Å². The number of methoxy groups -OCH3 is 1. The van der Waals surface area contributed by atoms with Crippen molar-refractivity contribution in [1.29, 1.82) is 0 Å². The van der Waals surface area contributed by atoms with E-state index in [4.69, 9.17) is 9.47 Å². The predicted molar refractivity (Wildman–Crippen MR) is 150 cm³/mol. The number of aliphatic hydroxyl groups excluding tert-OH is 1. The number of aliphatic hydroxyl groups is 1.